The second-order valence-corrected chi connectivity index (χ2v) is 6.40. The quantitative estimate of drug-likeness (QED) is 0.765. The summed E-state index contributed by atoms with van der Waals surface area (Å²) in [5.74, 6) is 0.718. The van der Waals surface area contributed by atoms with Crippen LogP contribution in [-0.4, -0.2) is 47.7 Å². The van der Waals surface area contributed by atoms with Crippen LogP contribution in [0.3, 0.4) is 0 Å². The fourth-order valence-corrected chi connectivity index (χ4v) is 3.01. The third kappa shape index (κ3) is 4.41. The zero-order valence-corrected chi connectivity index (χ0v) is 14.8. The van der Waals surface area contributed by atoms with Crippen LogP contribution in [0.2, 0.25) is 0 Å². The van der Waals surface area contributed by atoms with Gasteiger partial charge in [0.2, 0.25) is 5.91 Å². The molecule has 1 aromatic rings. The Hall–Kier alpha value is -2.22. The first-order valence-electron chi connectivity index (χ1n) is 7.58. The minimum atomic E-state index is -0.412. The maximum absolute atomic E-state index is 11.7. The number of aryl methyl sites for hydroxylation is 2. The van der Waals surface area contributed by atoms with Crippen LogP contribution >= 0.6 is 11.8 Å². The molecule has 0 aromatic heterocycles. The Morgan fingerprint density at radius 3 is 2.58 bits per heavy atom. The molecule has 8 heteroatoms. The molecule has 0 aliphatic carbocycles. The van der Waals surface area contributed by atoms with E-state index in [2.05, 4.69) is 10.6 Å². The van der Waals surface area contributed by atoms with Gasteiger partial charge in [-0.05, 0) is 37.5 Å². The Kier molecular flexibility index (Phi) is 6.08. The molecule has 1 heterocycles. The molecular weight excluding hydrogens is 330 g/mol. The van der Waals surface area contributed by atoms with Crippen molar-refractivity contribution >= 4 is 28.9 Å². The van der Waals surface area contributed by atoms with Gasteiger partial charge in [-0.3, -0.25) is 14.5 Å². The number of nitrogens with one attached hydrogen (secondary N) is 2. The molecule has 2 rings (SSSR count). The number of thioether (sulfide) groups is 1. The molecule has 2 N–H and O–H groups in total. The maximum Gasteiger partial charge on any atom is 0.317 e. The second kappa shape index (κ2) is 8.05. The highest BCUT2D eigenvalue weighted by molar-refractivity contribution is 8.14. The van der Waals surface area contributed by atoms with Crippen molar-refractivity contribution in [2.75, 3.05) is 25.6 Å². The number of rotatable bonds is 6. The third-order valence-electron chi connectivity index (χ3n) is 3.78. The minimum absolute atomic E-state index is 0.0361. The first-order valence-corrected chi connectivity index (χ1v) is 8.57. The number of nitrogens with zero attached hydrogens (tertiary/aromatic N) is 1. The van der Waals surface area contributed by atoms with Crippen LogP contribution in [0.15, 0.2) is 12.1 Å². The number of urea groups is 1. The summed E-state index contributed by atoms with van der Waals surface area (Å²) in [5, 5.41) is 4.91. The monoisotopic (exact) mass is 351 g/mol. The Morgan fingerprint density at radius 2 is 1.92 bits per heavy atom. The number of carbonyl (C=O) groups is 3. The summed E-state index contributed by atoms with van der Waals surface area (Å²) in [5.41, 5.74) is 3.17. The molecule has 0 saturated carbocycles. The SMILES string of the molecule is Cc1ccc(C)c(OCNC(=O)NCCN2C(=O)CSC2=O)c1C. The summed E-state index contributed by atoms with van der Waals surface area (Å²) in [4.78, 5) is 35.7. The van der Waals surface area contributed by atoms with Crippen molar-refractivity contribution in [1.29, 1.82) is 0 Å². The van der Waals surface area contributed by atoms with Gasteiger partial charge < -0.3 is 15.4 Å². The van der Waals surface area contributed by atoms with Gasteiger partial charge >= 0.3 is 6.03 Å². The van der Waals surface area contributed by atoms with Gasteiger partial charge in [-0.25, -0.2) is 4.79 Å². The number of hydrogen-bond acceptors (Lipinski definition) is 5. The van der Waals surface area contributed by atoms with Gasteiger partial charge in [0, 0.05) is 13.1 Å². The van der Waals surface area contributed by atoms with Crippen LogP contribution < -0.4 is 15.4 Å². The number of ether oxygens (including phenoxy) is 1. The summed E-state index contributed by atoms with van der Waals surface area (Å²) >= 11 is 0.977. The van der Waals surface area contributed by atoms with Crippen molar-refractivity contribution in [2.45, 2.75) is 20.8 Å². The van der Waals surface area contributed by atoms with E-state index in [1.54, 1.807) is 0 Å². The molecule has 0 unspecified atom stereocenters. The highest BCUT2D eigenvalue weighted by atomic mass is 32.2. The van der Waals surface area contributed by atoms with Crippen LogP contribution in [0, 0.1) is 20.8 Å². The summed E-state index contributed by atoms with van der Waals surface area (Å²) in [7, 11) is 0. The molecule has 1 aromatic carbocycles. The fraction of sp³-hybridized carbons (Fsp3) is 0.438. The van der Waals surface area contributed by atoms with Crippen molar-refractivity contribution < 1.29 is 19.1 Å². The average Bonchev–Trinajstić information content (AvgIpc) is 2.86. The summed E-state index contributed by atoms with van der Waals surface area (Å²) in [6, 6.07) is 3.58. The van der Waals surface area contributed by atoms with Crippen molar-refractivity contribution in [2.24, 2.45) is 0 Å². The number of amides is 4. The number of benzene rings is 1. The molecule has 1 aliphatic rings. The number of carbonyl (C=O) groups excluding carboxylic acids is 3. The topological polar surface area (TPSA) is 87.7 Å². The summed E-state index contributed by atoms with van der Waals surface area (Å²) < 4.78 is 5.64. The lowest BCUT2D eigenvalue weighted by molar-refractivity contribution is -0.124. The first kappa shape index (κ1) is 18.1. The molecule has 130 valence electrons. The van der Waals surface area contributed by atoms with E-state index in [1.165, 1.54) is 0 Å². The van der Waals surface area contributed by atoms with Crippen LogP contribution in [0.25, 0.3) is 0 Å². The van der Waals surface area contributed by atoms with E-state index in [1.807, 2.05) is 32.9 Å². The van der Waals surface area contributed by atoms with Crippen molar-refractivity contribution in [3.63, 3.8) is 0 Å². The van der Waals surface area contributed by atoms with E-state index in [4.69, 9.17) is 4.74 Å². The predicted molar refractivity (Wildman–Crippen MR) is 92.2 cm³/mol. The molecule has 0 atom stereocenters. The Morgan fingerprint density at radius 1 is 1.21 bits per heavy atom. The van der Waals surface area contributed by atoms with Crippen molar-refractivity contribution in [3.8, 4) is 5.75 Å². The minimum Gasteiger partial charge on any atom is -0.473 e. The van der Waals surface area contributed by atoms with Gasteiger partial charge in [0.25, 0.3) is 5.24 Å². The van der Waals surface area contributed by atoms with Gasteiger partial charge in [0.1, 0.15) is 5.75 Å². The van der Waals surface area contributed by atoms with Crippen molar-refractivity contribution in [1.82, 2.24) is 15.5 Å². The lowest BCUT2D eigenvalue weighted by Gasteiger charge is -2.15. The van der Waals surface area contributed by atoms with Crippen LogP contribution in [0.4, 0.5) is 9.59 Å². The zero-order chi connectivity index (χ0) is 17.7. The van der Waals surface area contributed by atoms with Crippen LogP contribution in [-0.2, 0) is 4.79 Å². The lowest BCUT2D eigenvalue weighted by Crippen LogP contribution is -2.42. The predicted octanol–water partition coefficient (Wildman–Crippen LogP) is 1.94. The molecule has 4 amide bonds. The normalized spacial score (nSPS) is 14.0. The highest BCUT2D eigenvalue weighted by Crippen LogP contribution is 2.25. The lowest BCUT2D eigenvalue weighted by atomic mass is 10.1. The second-order valence-electron chi connectivity index (χ2n) is 5.47. The third-order valence-corrected chi connectivity index (χ3v) is 4.64. The zero-order valence-electron chi connectivity index (χ0n) is 14.0. The smallest absolute Gasteiger partial charge is 0.317 e. The molecule has 7 nitrogen and oxygen atoms in total. The van der Waals surface area contributed by atoms with Gasteiger partial charge in [0.15, 0.2) is 6.73 Å². The Labute approximate surface area is 145 Å². The van der Waals surface area contributed by atoms with E-state index in [9.17, 15) is 14.4 Å². The van der Waals surface area contributed by atoms with E-state index in [0.717, 1.165) is 39.1 Å². The maximum atomic E-state index is 11.7. The molecule has 0 spiro atoms. The van der Waals surface area contributed by atoms with Gasteiger partial charge in [-0.15, -0.1) is 0 Å². The Balaban J connectivity index is 1.71. The first-order chi connectivity index (χ1) is 11.4. The van der Waals surface area contributed by atoms with Gasteiger partial charge in [-0.2, -0.15) is 0 Å². The van der Waals surface area contributed by atoms with Gasteiger partial charge in [-0.1, -0.05) is 23.9 Å². The Bertz CT molecular complexity index is 647. The largest absolute Gasteiger partial charge is 0.473 e. The van der Waals surface area contributed by atoms with Gasteiger partial charge in [0.05, 0.1) is 5.75 Å². The standard InChI is InChI=1S/C16H21N3O4S/c1-10-4-5-11(2)14(12(10)3)23-9-18-15(21)17-6-7-19-13(20)8-24-16(19)22/h4-5H,6-9H2,1-3H3,(H2,17,18,21). The van der Waals surface area contributed by atoms with E-state index in [-0.39, 0.29) is 36.7 Å². The van der Waals surface area contributed by atoms with Crippen molar-refractivity contribution in [3.05, 3.63) is 28.8 Å². The molecule has 24 heavy (non-hydrogen) atoms. The summed E-state index contributed by atoms with van der Waals surface area (Å²) in [6.45, 7) is 6.33. The fourth-order valence-electron chi connectivity index (χ4n) is 2.26. The molecule has 0 bridgehead atoms. The number of hydrogen-bond donors (Lipinski definition) is 2. The number of imide groups is 1. The molecule has 0 radical (unpaired) electrons. The highest BCUT2D eigenvalue weighted by Gasteiger charge is 2.29. The molecular formula is C16H21N3O4S. The summed E-state index contributed by atoms with van der Waals surface area (Å²) in [6.07, 6.45) is 0. The average molecular weight is 351 g/mol. The molecule has 1 fully saturated rings. The van der Waals surface area contributed by atoms with E-state index in [0.29, 0.717) is 0 Å². The van der Waals surface area contributed by atoms with E-state index >= 15 is 0 Å². The molecule has 1 aliphatic heterocycles. The van der Waals surface area contributed by atoms with E-state index < -0.39 is 6.03 Å². The molecule has 1 saturated heterocycles. The van der Waals surface area contributed by atoms with Crippen LogP contribution in [0.1, 0.15) is 16.7 Å². The van der Waals surface area contributed by atoms with Crippen LogP contribution in [0.5, 0.6) is 5.75 Å².